The minimum Gasteiger partial charge on any atom is -0.484 e. The number of ether oxygens (including phenoxy) is 1. The van der Waals surface area contributed by atoms with E-state index < -0.39 is 0 Å². The molecule has 0 fully saturated rings. The molecule has 0 aliphatic rings. The lowest BCUT2D eigenvalue weighted by atomic mass is 10.2. The molecule has 1 amide bonds. The maximum Gasteiger partial charge on any atom is 0.260 e. The fourth-order valence-electron chi connectivity index (χ4n) is 1.91. The molecule has 0 saturated carbocycles. The van der Waals surface area contributed by atoms with Gasteiger partial charge in [-0.3, -0.25) is 9.78 Å². The van der Waals surface area contributed by atoms with Crippen LogP contribution in [0.1, 0.15) is 11.3 Å². The Hall–Kier alpha value is -2.36. The van der Waals surface area contributed by atoms with Crippen LogP contribution in [0.3, 0.4) is 0 Å². The van der Waals surface area contributed by atoms with E-state index >= 15 is 0 Å². The van der Waals surface area contributed by atoms with Crippen LogP contribution in [-0.2, 0) is 11.2 Å². The average molecular weight is 284 g/mol. The molecule has 110 valence electrons. The zero-order valence-corrected chi connectivity index (χ0v) is 12.5. The van der Waals surface area contributed by atoms with Crippen LogP contribution >= 0.6 is 0 Å². The molecule has 4 nitrogen and oxygen atoms in total. The summed E-state index contributed by atoms with van der Waals surface area (Å²) in [6.45, 7) is 2.68. The summed E-state index contributed by atoms with van der Waals surface area (Å²) in [5.74, 6) is 0.689. The average Bonchev–Trinajstić information content (AvgIpc) is 2.51. The van der Waals surface area contributed by atoms with Crippen molar-refractivity contribution in [3.63, 3.8) is 0 Å². The maximum atomic E-state index is 12.0. The molecular weight excluding hydrogens is 264 g/mol. The van der Waals surface area contributed by atoms with Gasteiger partial charge in [0.2, 0.25) is 0 Å². The Morgan fingerprint density at radius 2 is 2.10 bits per heavy atom. The highest BCUT2D eigenvalue weighted by atomic mass is 16.5. The summed E-state index contributed by atoms with van der Waals surface area (Å²) in [7, 11) is 1.78. The molecule has 1 aromatic carbocycles. The molecule has 0 aliphatic carbocycles. The second kappa shape index (κ2) is 7.43. The second-order valence-electron chi connectivity index (χ2n) is 4.99. The molecule has 2 aromatic rings. The molecule has 0 atom stereocenters. The number of aromatic nitrogens is 1. The maximum absolute atomic E-state index is 12.0. The van der Waals surface area contributed by atoms with Gasteiger partial charge in [-0.2, -0.15) is 0 Å². The third-order valence-corrected chi connectivity index (χ3v) is 3.21. The first kappa shape index (κ1) is 15.0. The van der Waals surface area contributed by atoms with Crippen molar-refractivity contribution in [2.24, 2.45) is 0 Å². The first-order valence-electron chi connectivity index (χ1n) is 6.98. The molecule has 21 heavy (non-hydrogen) atoms. The van der Waals surface area contributed by atoms with Crippen molar-refractivity contribution in [3.8, 4) is 5.75 Å². The van der Waals surface area contributed by atoms with E-state index in [2.05, 4.69) is 4.98 Å². The number of pyridine rings is 1. The minimum absolute atomic E-state index is 0.0348. The van der Waals surface area contributed by atoms with Crippen LogP contribution in [0.2, 0.25) is 0 Å². The van der Waals surface area contributed by atoms with Gasteiger partial charge in [0.25, 0.3) is 5.91 Å². The first-order valence-corrected chi connectivity index (χ1v) is 6.98. The van der Waals surface area contributed by atoms with Gasteiger partial charge in [-0.25, -0.2) is 0 Å². The molecule has 4 heteroatoms. The predicted octanol–water partition coefficient (Wildman–Crippen LogP) is 2.47. The Morgan fingerprint density at radius 1 is 1.24 bits per heavy atom. The van der Waals surface area contributed by atoms with Gasteiger partial charge in [-0.05, 0) is 36.8 Å². The van der Waals surface area contributed by atoms with E-state index in [1.165, 1.54) is 0 Å². The highest BCUT2D eigenvalue weighted by molar-refractivity contribution is 5.77. The Kier molecular flexibility index (Phi) is 5.32. The van der Waals surface area contributed by atoms with Gasteiger partial charge in [0.05, 0.1) is 0 Å². The summed E-state index contributed by atoms with van der Waals surface area (Å²) in [6, 6.07) is 13.5. The van der Waals surface area contributed by atoms with Crippen molar-refractivity contribution in [2.45, 2.75) is 13.3 Å². The number of benzene rings is 1. The van der Waals surface area contributed by atoms with Crippen LogP contribution in [0.25, 0.3) is 0 Å². The summed E-state index contributed by atoms with van der Waals surface area (Å²) < 4.78 is 5.51. The number of carbonyl (C=O) groups excluding carboxylic acids is 1. The van der Waals surface area contributed by atoms with Crippen LogP contribution < -0.4 is 4.74 Å². The Morgan fingerprint density at radius 3 is 2.81 bits per heavy atom. The number of rotatable bonds is 6. The molecule has 1 heterocycles. The highest BCUT2D eigenvalue weighted by Gasteiger charge is 2.09. The fourth-order valence-corrected chi connectivity index (χ4v) is 1.91. The van der Waals surface area contributed by atoms with Gasteiger partial charge in [0, 0.05) is 31.9 Å². The second-order valence-corrected chi connectivity index (χ2v) is 4.99. The molecule has 0 saturated heterocycles. The topological polar surface area (TPSA) is 42.4 Å². The summed E-state index contributed by atoms with van der Waals surface area (Å²) in [6.07, 6.45) is 2.51. The summed E-state index contributed by atoms with van der Waals surface area (Å²) in [5.41, 5.74) is 2.10. The summed E-state index contributed by atoms with van der Waals surface area (Å²) >= 11 is 0. The number of amides is 1. The number of nitrogens with zero attached hydrogens (tertiary/aromatic N) is 2. The van der Waals surface area contributed by atoms with Crippen LogP contribution in [0, 0.1) is 6.92 Å². The first-order chi connectivity index (χ1) is 10.1. The molecule has 2 rings (SSSR count). The lowest BCUT2D eigenvalue weighted by Crippen LogP contribution is -2.33. The molecule has 0 bridgehead atoms. The smallest absolute Gasteiger partial charge is 0.260 e. The number of carbonyl (C=O) groups is 1. The number of likely N-dealkylation sites (N-methyl/N-ethyl adjacent to an activating group) is 1. The van der Waals surface area contributed by atoms with E-state index in [0.717, 1.165) is 23.4 Å². The summed E-state index contributed by atoms with van der Waals surface area (Å²) in [5, 5.41) is 0. The van der Waals surface area contributed by atoms with Gasteiger partial charge < -0.3 is 9.64 Å². The van der Waals surface area contributed by atoms with Crippen molar-refractivity contribution >= 4 is 5.91 Å². The Labute approximate surface area is 125 Å². The lowest BCUT2D eigenvalue weighted by molar-refractivity contribution is -0.132. The van der Waals surface area contributed by atoms with Crippen molar-refractivity contribution < 1.29 is 9.53 Å². The van der Waals surface area contributed by atoms with Crippen molar-refractivity contribution in [1.82, 2.24) is 9.88 Å². The summed E-state index contributed by atoms with van der Waals surface area (Å²) in [4.78, 5) is 17.9. The van der Waals surface area contributed by atoms with E-state index in [1.807, 2.05) is 49.4 Å². The minimum atomic E-state index is -0.0348. The Bertz CT molecular complexity index is 584. The van der Waals surface area contributed by atoms with Crippen LogP contribution in [-0.4, -0.2) is 36.0 Å². The van der Waals surface area contributed by atoms with Crippen molar-refractivity contribution in [3.05, 3.63) is 59.9 Å². The quantitative estimate of drug-likeness (QED) is 0.818. The van der Waals surface area contributed by atoms with Crippen LogP contribution in [0.5, 0.6) is 5.75 Å². The third kappa shape index (κ3) is 4.91. The zero-order chi connectivity index (χ0) is 15.1. The Balaban J connectivity index is 1.77. The standard InChI is InChI=1S/C17H20N2O2/c1-14-6-5-8-16(12-14)21-13-17(20)19(2)11-9-15-7-3-4-10-18-15/h3-8,10,12H,9,11,13H2,1-2H3. The van der Waals surface area contributed by atoms with Gasteiger partial charge in [-0.15, -0.1) is 0 Å². The van der Waals surface area contributed by atoms with Crippen LogP contribution in [0.15, 0.2) is 48.7 Å². The van der Waals surface area contributed by atoms with Gasteiger partial charge in [0.1, 0.15) is 5.75 Å². The molecule has 0 unspecified atom stereocenters. The van der Waals surface area contributed by atoms with E-state index in [9.17, 15) is 4.79 Å². The molecule has 0 radical (unpaired) electrons. The zero-order valence-electron chi connectivity index (χ0n) is 12.5. The molecule has 1 aromatic heterocycles. The number of hydrogen-bond donors (Lipinski definition) is 0. The largest absolute Gasteiger partial charge is 0.484 e. The monoisotopic (exact) mass is 284 g/mol. The van der Waals surface area contributed by atoms with Crippen molar-refractivity contribution in [2.75, 3.05) is 20.2 Å². The highest BCUT2D eigenvalue weighted by Crippen LogP contribution is 2.12. The normalized spacial score (nSPS) is 10.2. The van der Waals surface area contributed by atoms with E-state index in [0.29, 0.717) is 6.54 Å². The SMILES string of the molecule is Cc1cccc(OCC(=O)N(C)CCc2ccccn2)c1. The van der Waals surface area contributed by atoms with Gasteiger partial charge in [0.15, 0.2) is 6.61 Å². The van der Waals surface area contributed by atoms with E-state index in [-0.39, 0.29) is 12.5 Å². The fraction of sp³-hybridized carbons (Fsp3) is 0.294. The molecule has 0 N–H and O–H groups in total. The molecule has 0 aliphatic heterocycles. The van der Waals surface area contributed by atoms with Crippen molar-refractivity contribution in [1.29, 1.82) is 0 Å². The van der Waals surface area contributed by atoms with Gasteiger partial charge in [-0.1, -0.05) is 18.2 Å². The number of aryl methyl sites for hydroxylation is 1. The molecule has 0 spiro atoms. The third-order valence-electron chi connectivity index (χ3n) is 3.21. The lowest BCUT2D eigenvalue weighted by Gasteiger charge is -2.17. The van der Waals surface area contributed by atoms with E-state index in [4.69, 9.17) is 4.74 Å². The molecular formula is C17H20N2O2. The van der Waals surface area contributed by atoms with Crippen LogP contribution in [0.4, 0.5) is 0 Å². The van der Waals surface area contributed by atoms with E-state index in [1.54, 1.807) is 18.1 Å². The predicted molar refractivity (Wildman–Crippen MR) is 82.3 cm³/mol. The van der Waals surface area contributed by atoms with Gasteiger partial charge >= 0.3 is 0 Å². The number of hydrogen-bond acceptors (Lipinski definition) is 3.